The van der Waals surface area contributed by atoms with Gasteiger partial charge in [-0.3, -0.25) is 4.79 Å². The average molecular weight is 235 g/mol. The summed E-state index contributed by atoms with van der Waals surface area (Å²) in [5.41, 5.74) is 0. The molecular formula is C13H17NOS. The van der Waals surface area contributed by atoms with Crippen LogP contribution in [0.4, 0.5) is 0 Å². The molecule has 86 valence electrons. The molecule has 0 spiro atoms. The molecule has 0 amide bonds. The number of hydrogen-bond acceptors (Lipinski definition) is 3. The van der Waals surface area contributed by atoms with Gasteiger partial charge < -0.3 is 0 Å². The Bertz CT molecular complexity index is 412. The maximum Gasteiger partial charge on any atom is 0.174 e. The van der Waals surface area contributed by atoms with Crippen molar-refractivity contribution < 1.29 is 4.79 Å². The highest BCUT2D eigenvalue weighted by Gasteiger charge is 2.40. The zero-order chi connectivity index (χ0) is 11.1. The standard InChI is InChI=1S/C13H17NOS/c1-8-14-7-13(16-8)12(15)6-11-5-9-2-3-10(11)4-9/h7,9-11H,2-6H2,1H3. The van der Waals surface area contributed by atoms with Gasteiger partial charge in [-0.25, -0.2) is 4.98 Å². The third kappa shape index (κ3) is 1.81. The molecule has 2 fully saturated rings. The van der Waals surface area contributed by atoms with Crippen LogP contribution in [-0.4, -0.2) is 10.8 Å². The molecule has 3 unspecified atom stereocenters. The fourth-order valence-electron chi connectivity index (χ4n) is 3.46. The van der Waals surface area contributed by atoms with E-state index >= 15 is 0 Å². The highest BCUT2D eigenvalue weighted by atomic mass is 32.1. The Morgan fingerprint density at radius 3 is 2.94 bits per heavy atom. The lowest BCUT2D eigenvalue weighted by Gasteiger charge is -2.20. The molecule has 0 saturated heterocycles. The van der Waals surface area contributed by atoms with Crippen LogP contribution in [0.25, 0.3) is 0 Å². The van der Waals surface area contributed by atoms with Gasteiger partial charge >= 0.3 is 0 Å². The fraction of sp³-hybridized carbons (Fsp3) is 0.692. The molecule has 2 aliphatic carbocycles. The molecule has 16 heavy (non-hydrogen) atoms. The molecule has 0 N–H and O–H groups in total. The molecular weight excluding hydrogens is 218 g/mol. The number of carbonyl (C=O) groups excluding carboxylic acids is 1. The van der Waals surface area contributed by atoms with E-state index in [0.29, 0.717) is 11.7 Å². The summed E-state index contributed by atoms with van der Waals surface area (Å²) in [5.74, 6) is 2.78. The first kappa shape index (κ1) is 10.5. The second-order valence-corrected chi connectivity index (χ2v) is 6.54. The molecule has 0 aliphatic heterocycles. The van der Waals surface area contributed by atoms with E-state index in [4.69, 9.17) is 0 Å². The van der Waals surface area contributed by atoms with E-state index in [0.717, 1.165) is 28.1 Å². The third-order valence-electron chi connectivity index (χ3n) is 4.23. The molecule has 3 rings (SSSR count). The molecule has 0 aromatic carbocycles. The summed E-state index contributed by atoms with van der Waals surface area (Å²) in [4.78, 5) is 17.1. The molecule has 3 heteroatoms. The van der Waals surface area contributed by atoms with Gasteiger partial charge in [0.05, 0.1) is 9.88 Å². The Labute approximate surface area is 100 Å². The minimum atomic E-state index is 0.322. The van der Waals surface area contributed by atoms with Crippen molar-refractivity contribution in [2.24, 2.45) is 17.8 Å². The number of fused-ring (bicyclic) bond motifs is 2. The second-order valence-electron chi connectivity index (χ2n) is 5.31. The molecule has 1 heterocycles. The van der Waals surface area contributed by atoms with Gasteiger partial charge in [0.1, 0.15) is 0 Å². The van der Waals surface area contributed by atoms with Crippen LogP contribution < -0.4 is 0 Å². The van der Waals surface area contributed by atoms with Crippen LogP contribution in [0, 0.1) is 24.7 Å². The van der Waals surface area contributed by atoms with E-state index < -0.39 is 0 Å². The number of carbonyl (C=O) groups is 1. The monoisotopic (exact) mass is 235 g/mol. The van der Waals surface area contributed by atoms with E-state index in [1.54, 1.807) is 6.20 Å². The highest BCUT2D eigenvalue weighted by Crippen LogP contribution is 2.49. The zero-order valence-electron chi connectivity index (χ0n) is 9.61. The maximum atomic E-state index is 12.1. The van der Waals surface area contributed by atoms with Crippen LogP contribution in [0.2, 0.25) is 0 Å². The Hall–Kier alpha value is -0.700. The van der Waals surface area contributed by atoms with Gasteiger partial charge in [0.25, 0.3) is 0 Å². The predicted molar refractivity (Wildman–Crippen MR) is 64.7 cm³/mol. The Balaban J connectivity index is 1.65. The van der Waals surface area contributed by atoms with Crippen molar-refractivity contribution >= 4 is 17.1 Å². The first-order chi connectivity index (χ1) is 7.72. The normalized spacial score (nSPS) is 32.2. The number of ketones is 1. The summed E-state index contributed by atoms with van der Waals surface area (Å²) in [6.45, 7) is 1.96. The van der Waals surface area contributed by atoms with Gasteiger partial charge in [-0.15, -0.1) is 11.3 Å². The van der Waals surface area contributed by atoms with Gasteiger partial charge in [0, 0.05) is 12.6 Å². The molecule has 3 atom stereocenters. The van der Waals surface area contributed by atoms with Crippen molar-refractivity contribution in [3.05, 3.63) is 16.1 Å². The van der Waals surface area contributed by atoms with Crippen LogP contribution in [0.3, 0.4) is 0 Å². The van der Waals surface area contributed by atoms with Crippen LogP contribution in [0.5, 0.6) is 0 Å². The lowest BCUT2D eigenvalue weighted by Crippen LogP contribution is -2.14. The quantitative estimate of drug-likeness (QED) is 0.751. The number of hydrogen-bond donors (Lipinski definition) is 0. The van der Waals surface area contributed by atoms with Crippen molar-refractivity contribution in [3.8, 4) is 0 Å². The minimum absolute atomic E-state index is 0.322. The Kier molecular flexibility index (Phi) is 2.58. The number of nitrogens with zero attached hydrogens (tertiary/aromatic N) is 1. The number of rotatable bonds is 3. The van der Waals surface area contributed by atoms with Gasteiger partial charge in [-0.05, 0) is 43.9 Å². The molecule has 2 aliphatic rings. The summed E-state index contributed by atoms with van der Waals surface area (Å²) < 4.78 is 0. The summed E-state index contributed by atoms with van der Waals surface area (Å²) in [5, 5.41) is 0.997. The maximum absolute atomic E-state index is 12.1. The summed E-state index contributed by atoms with van der Waals surface area (Å²) in [6.07, 6.45) is 7.98. The second kappa shape index (κ2) is 3.95. The SMILES string of the molecule is Cc1ncc(C(=O)CC2CC3CCC2C3)s1. The summed E-state index contributed by atoms with van der Waals surface area (Å²) >= 11 is 1.54. The third-order valence-corrected chi connectivity index (χ3v) is 5.18. The number of aromatic nitrogens is 1. The molecule has 2 saturated carbocycles. The summed E-state index contributed by atoms with van der Waals surface area (Å²) in [6, 6.07) is 0. The smallest absolute Gasteiger partial charge is 0.174 e. The lowest BCUT2D eigenvalue weighted by atomic mass is 9.85. The van der Waals surface area contributed by atoms with Crippen molar-refractivity contribution in [1.29, 1.82) is 0 Å². The van der Waals surface area contributed by atoms with Crippen LogP contribution in [-0.2, 0) is 0 Å². The molecule has 2 bridgehead atoms. The van der Waals surface area contributed by atoms with E-state index in [2.05, 4.69) is 4.98 Å². The van der Waals surface area contributed by atoms with E-state index in [9.17, 15) is 4.79 Å². The van der Waals surface area contributed by atoms with Gasteiger partial charge in [-0.2, -0.15) is 0 Å². The predicted octanol–water partition coefficient (Wildman–Crippen LogP) is 3.46. The fourth-order valence-corrected chi connectivity index (χ4v) is 4.18. The van der Waals surface area contributed by atoms with Gasteiger partial charge in [-0.1, -0.05) is 6.42 Å². The van der Waals surface area contributed by atoms with Crippen molar-refractivity contribution in [2.45, 2.75) is 39.0 Å². The first-order valence-electron chi connectivity index (χ1n) is 6.18. The highest BCUT2D eigenvalue weighted by molar-refractivity contribution is 7.13. The van der Waals surface area contributed by atoms with Gasteiger partial charge in [0.2, 0.25) is 0 Å². The topological polar surface area (TPSA) is 30.0 Å². The first-order valence-corrected chi connectivity index (χ1v) is 6.99. The largest absolute Gasteiger partial charge is 0.293 e. The van der Waals surface area contributed by atoms with Crippen LogP contribution >= 0.6 is 11.3 Å². The van der Waals surface area contributed by atoms with E-state index in [1.807, 2.05) is 6.92 Å². The molecule has 1 aromatic heterocycles. The Morgan fingerprint density at radius 2 is 2.38 bits per heavy atom. The van der Waals surface area contributed by atoms with Crippen molar-refractivity contribution in [1.82, 2.24) is 4.98 Å². The Morgan fingerprint density at radius 1 is 1.50 bits per heavy atom. The molecule has 1 aromatic rings. The van der Waals surface area contributed by atoms with Crippen molar-refractivity contribution in [2.75, 3.05) is 0 Å². The minimum Gasteiger partial charge on any atom is -0.293 e. The van der Waals surface area contributed by atoms with Crippen LogP contribution in [0.15, 0.2) is 6.20 Å². The van der Waals surface area contributed by atoms with E-state index in [1.165, 1.54) is 37.0 Å². The molecule has 0 radical (unpaired) electrons. The molecule has 2 nitrogen and oxygen atoms in total. The van der Waals surface area contributed by atoms with Crippen LogP contribution in [0.1, 0.15) is 46.8 Å². The number of Topliss-reactive ketones (excluding diaryl/α,β-unsaturated/α-hetero) is 1. The van der Waals surface area contributed by atoms with Gasteiger partial charge in [0.15, 0.2) is 5.78 Å². The lowest BCUT2D eigenvalue weighted by molar-refractivity contribution is 0.0948. The zero-order valence-corrected chi connectivity index (χ0v) is 10.4. The van der Waals surface area contributed by atoms with Crippen molar-refractivity contribution in [3.63, 3.8) is 0 Å². The van der Waals surface area contributed by atoms with E-state index in [-0.39, 0.29) is 0 Å². The number of thiazole rings is 1. The average Bonchev–Trinajstić information content (AvgIpc) is 2.92. The number of aryl methyl sites for hydroxylation is 1. The summed E-state index contributed by atoms with van der Waals surface area (Å²) in [7, 11) is 0.